The molecule has 0 radical (unpaired) electrons. The first kappa shape index (κ1) is 19.5. The van der Waals surface area contributed by atoms with Crippen LogP contribution in [0.2, 0.25) is 0 Å². The van der Waals surface area contributed by atoms with Crippen LogP contribution in [0, 0.1) is 6.92 Å². The number of rotatable bonds is 5. The molecule has 1 amide bonds. The maximum atomic E-state index is 12.3. The summed E-state index contributed by atoms with van der Waals surface area (Å²) in [6, 6.07) is 14.4. The van der Waals surface area contributed by atoms with Gasteiger partial charge in [-0.3, -0.25) is 14.9 Å². The van der Waals surface area contributed by atoms with E-state index < -0.39 is 24.0 Å². The lowest BCUT2D eigenvalue weighted by molar-refractivity contribution is -0.119. The van der Waals surface area contributed by atoms with Gasteiger partial charge in [-0.25, -0.2) is 14.9 Å². The SMILES string of the molecule is Cc1ccc(-c2csc(NC(=O)COC(=O)c3n[nH]c(=O)c4ccccc34)n2)cc1. The van der Waals surface area contributed by atoms with Crippen molar-refractivity contribution >= 4 is 39.1 Å². The highest BCUT2D eigenvalue weighted by Crippen LogP contribution is 2.25. The number of fused-ring (bicyclic) bond motifs is 1. The van der Waals surface area contributed by atoms with Crippen LogP contribution in [0.15, 0.2) is 58.7 Å². The van der Waals surface area contributed by atoms with Gasteiger partial charge < -0.3 is 4.74 Å². The molecule has 0 saturated heterocycles. The number of thiazole rings is 1. The van der Waals surface area contributed by atoms with Crippen LogP contribution in [-0.4, -0.2) is 33.7 Å². The van der Waals surface area contributed by atoms with E-state index in [0.717, 1.165) is 16.8 Å². The Morgan fingerprint density at radius 2 is 1.83 bits per heavy atom. The van der Waals surface area contributed by atoms with Crippen LogP contribution < -0.4 is 10.9 Å². The number of aromatic nitrogens is 3. The van der Waals surface area contributed by atoms with Gasteiger partial charge in [0.1, 0.15) is 0 Å². The number of ether oxygens (including phenoxy) is 1. The smallest absolute Gasteiger partial charge is 0.359 e. The van der Waals surface area contributed by atoms with Crippen molar-refractivity contribution in [2.45, 2.75) is 6.92 Å². The second-order valence-corrected chi connectivity index (χ2v) is 7.33. The summed E-state index contributed by atoms with van der Waals surface area (Å²) >= 11 is 1.28. The third-order valence-electron chi connectivity index (χ3n) is 4.32. The molecular weight excluding hydrogens is 404 g/mol. The Bertz CT molecular complexity index is 1290. The number of anilines is 1. The molecule has 8 nitrogen and oxygen atoms in total. The normalized spacial score (nSPS) is 10.7. The minimum Gasteiger partial charge on any atom is -0.451 e. The monoisotopic (exact) mass is 420 g/mol. The molecule has 2 N–H and O–H groups in total. The molecule has 4 rings (SSSR count). The largest absolute Gasteiger partial charge is 0.451 e. The summed E-state index contributed by atoms with van der Waals surface area (Å²) in [6.45, 7) is 1.50. The van der Waals surface area contributed by atoms with Crippen molar-refractivity contribution in [3.05, 3.63) is 75.5 Å². The maximum absolute atomic E-state index is 12.3. The Balaban J connectivity index is 1.40. The highest BCUT2D eigenvalue weighted by atomic mass is 32.1. The van der Waals surface area contributed by atoms with Gasteiger partial charge >= 0.3 is 5.97 Å². The lowest BCUT2D eigenvalue weighted by atomic mass is 10.1. The van der Waals surface area contributed by atoms with Gasteiger partial charge in [-0.05, 0) is 13.0 Å². The Labute approximate surface area is 174 Å². The minimum atomic E-state index is -0.808. The molecule has 0 aliphatic rings. The highest BCUT2D eigenvalue weighted by molar-refractivity contribution is 7.14. The molecule has 9 heteroatoms. The number of nitrogens with one attached hydrogen (secondary N) is 2. The number of H-pyrrole nitrogens is 1. The topological polar surface area (TPSA) is 114 Å². The molecule has 0 aliphatic heterocycles. The summed E-state index contributed by atoms with van der Waals surface area (Å²) in [4.78, 5) is 40.7. The summed E-state index contributed by atoms with van der Waals surface area (Å²) < 4.78 is 5.06. The zero-order chi connectivity index (χ0) is 21.1. The van der Waals surface area contributed by atoms with E-state index in [4.69, 9.17) is 4.74 Å². The fourth-order valence-electron chi connectivity index (χ4n) is 2.81. The molecule has 0 spiro atoms. The number of amides is 1. The average Bonchev–Trinajstić information content (AvgIpc) is 3.21. The van der Waals surface area contributed by atoms with Crippen molar-refractivity contribution in [1.29, 1.82) is 0 Å². The molecule has 0 fully saturated rings. The summed E-state index contributed by atoms with van der Waals surface area (Å²) in [7, 11) is 0. The van der Waals surface area contributed by atoms with Crippen molar-refractivity contribution in [1.82, 2.24) is 15.2 Å². The van der Waals surface area contributed by atoms with Crippen LogP contribution in [0.3, 0.4) is 0 Å². The van der Waals surface area contributed by atoms with Crippen molar-refractivity contribution in [2.24, 2.45) is 0 Å². The Kier molecular flexibility index (Phi) is 5.36. The summed E-state index contributed by atoms with van der Waals surface area (Å²) in [5.41, 5.74) is 2.37. The standard InChI is InChI=1S/C21H16N4O4S/c1-12-6-8-13(9-7-12)16-11-30-21(22-16)23-17(26)10-29-20(28)18-14-4-2-3-5-15(14)19(27)25-24-18/h2-9,11H,10H2,1H3,(H,25,27)(H,22,23,26). The van der Waals surface area contributed by atoms with Gasteiger partial charge in [0.2, 0.25) is 0 Å². The zero-order valence-corrected chi connectivity index (χ0v) is 16.7. The van der Waals surface area contributed by atoms with Crippen molar-refractivity contribution in [3.63, 3.8) is 0 Å². The third kappa shape index (κ3) is 4.11. The number of hydrogen-bond acceptors (Lipinski definition) is 7. The molecular formula is C21H16N4O4S. The van der Waals surface area contributed by atoms with Gasteiger partial charge in [0.05, 0.1) is 11.1 Å². The van der Waals surface area contributed by atoms with Crippen LogP contribution >= 0.6 is 11.3 Å². The van der Waals surface area contributed by atoms with E-state index in [1.165, 1.54) is 11.3 Å². The number of benzene rings is 2. The molecule has 0 saturated carbocycles. The Morgan fingerprint density at radius 1 is 1.10 bits per heavy atom. The van der Waals surface area contributed by atoms with Crippen molar-refractivity contribution in [2.75, 3.05) is 11.9 Å². The lowest BCUT2D eigenvalue weighted by Gasteiger charge is -2.06. The van der Waals surface area contributed by atoms with Gasteiger partial charge in [-0.2, -0.15) is 5.10 Å². The van der Waals surface area contributed by atoms with Gasteiger partial charge in [-0.1, -0.05) is 48.0 Å². The molecule has 2 aromatic carbocycles. The zero-order valence-electron chi connectivity index (χ0n) is 15.8. The molecule has 0 unspecified atom stereocenters. The van der Waals surface area contributed by atoms with E-state index in [1.807, 2.05) is 36.6 Å². The number of aromatic amines is 1. The Morgan fingerprint density at radius 3 is 2.60 bits per heavy atom. The predicted molar refractivity (Wildman–Crippen MR) is 114 cm³/mol. The fraction of sp³-hybridized carbons (Fsp3) is 0.0952. The first-order valence-electron chi connectivity index (χ1n) is 8.98. The quantitative estimate of drug-likeness (QED) is 0.480. The lowest BCUT2D eigenvalue weighted by Crippen LogP contribution is -2.22. The fourth-order valence-corrected chi connectivity index (χ4v) is 3.55. The van der Waals surface area contributed by atoms with Gasteiger partial charge in [0.15, 0.2) is 17.4 Å². The average molecular weight is 420 g/mol. The van der Waals surface area contributed by atoms with E-state index in [0.29, 0.717) is 15.9 Å². The number of carbonyl (C=O) groups is 2. The van der Waals surface area contributed by atoms with Crippen LogP contribution in [-0.2, 0) is 9.53 Å². The van der Waals surface area contributed by atoms with E-state index in [9.17, 15) is 14.4 Å². The first-order valence-corrected chi connectivity index (χ1v) is 9.86. The van der Waals surface area contributed by atoms with Gasteiger partial charge in [0.25, 0.3) is 11.5 Å². The van der Waals surface area contributed by atoms with Crippen molar-refractivity contribution < 1.29 is 14.3 Å². The summed E-state index contributed by atoms with van der Waals surface area (Å²) in [5, 5.41) is 11.5. The highest BCUT2D eigenvalue weighted by Gasteiger charge is 2.17. The molecule has 0 aliphatic carbocycles. The van der Waals surface area contributed by atoms with Crippen LogP contribution in [0.5, 0.6) is 0 Å². The van der Waals surface area contributed by atoms with Crippen LogP contribution in [0.1, 0.15) is 16.1 Å². The van der Waals surface area contributed by atoms with Gasteiger partial charge in [0, 0.05) is 16.3 Å². The second kappa shape index (κ2) is 8.26. The Hall–Kier alpha value is -3.85. The molecule has 150 valence electrons. The molecule has 30 heavy (non-hydrogen) atoms. The molecule has 0 bridgehead atoms. The second-order valence-electron chi connectivity index (χ2n) is 6.48. The molecule has 0 atom stereocenters. The number of carbonyl (C=O) groups excluding carboxylic acids is 2. The van der Waals surface area contributed by atoms with Gasteiger partial charge in [-0.15, -0.1) is 11.3 Å². The number of hydrogen-bond donors (Lipinski definition) is 2. The number of esters is 1. The van der Waals surface area contributed by atoms with E-state index in [2.05, 4.69) is 20.5 Å². The third-order valence-corrected chi connectivity index (χ3v) is 5.08. The van der Waals surface area contributed by atoms with Crippen LogP contribution in [0.4, 0.5) is 5.13 Å². The minimum absolute atomic E-state index is 0.0612. The number of aryl methyl sites for hydroxylation is 1. The van der Waals surface area contributed by atoms with E-state index in [1.54, 1.807) is 24.3 Å². The van der Waals surface area contributed by atoms with E-state index in [-0.39, 0.29) is 5.69 Å². The molecule has 4 aromatic rings. The predicted octanol–water partition coefficient (Wildman–Crippen LogP) is 3.15. The van der Waals surface area contributed by atoms with Crippen LogP contribution in [0.25, 0.3) is 22.0 Å². The summed E-state index contributed by atoms with van der Waals surface area (Å²) in [6.07, 6.45) is 0. The summed E-state index contributed by atoms with van der Waals surface area (Å²) in [5.74, 6) is -1.33. The molecule has 2 heterocycles. The molecule has 2 aromatic heterocycles. The maximum Gasteiger partial charge on any atom is 0.359 e. The first-order chi connectivity index (χ1) is 14.5. The van der Waals surface area contributed by atoms with E-state index >= 15 is 0 Å². The van der Waals surface area contributed by atoms with Crippen molar-refractivity contribution in [3.8, 4) is 11.3 Å². The number of nitrogens with zero attached hydrogens (tertiary/aromatic N) is 2.